The van der Waals surface area contributed by atoms with Gasteiger partial charge < -0.3 is 25.7 Å². The summed E-state index contributed by atoms with van der Waals surface area (Å²) >= 11 is 0. The summed E-state index contributed by atoms with van der Waals surface area (Å²) in [6.45, 7) is 9.47. The van der Waals surface area contributed by atoms with Gasteiger partial charge in [-0.15, -0.1) is 0 Å². The van der Waals surface area contributed by atoms with E-state index in [0.29, 0.717) is 24.4 Å². The Morgan fingerprint density at radius 3 is 2.78 bits per heavy atom. The van der Waals surface area contributed by atoms with Crippen molar-refractivity contribution in [2.45, 2.75) is 46.0 Å². The molecular weight excluding hydrogens is 350 g/mol. The summed E-state index contributed by atoms with van der Waals surface area (Å²) in [4.78, 5) is 16.8. The molecule has 2 rings (SSSR count). The maximum absolute atomic E-state index is 11.7. The summed E-state index contributed by atoms with van der Waals surface area (Å²) in [6, 6.07) is 3.31. The SMILES string of the molecule is C=NOc1cc(Cn2cc(CNC(=O)OC(C)(C)C)cn2)cc(O)c1CN. The van der Waals surface area contributed by atoms with Gasteiger partial charge in [0, 0.05) is 31.6 Å². The highest BCUT2D eigenvalue weighted by molar-refractivity contribution is 5.67. The third kappa shape index (κ3) is 6.00. The molecule has 0 spiro atoms. The molecule has 1 aromatic heterocycles. The van der Waals surface area contributed by atoms with Crippen molar-refractivity contribution in [3.05, 3.63) is 41.2 Å². The van der Waals surface area contributed by atoms with Gasteiger partial charge in [-0.05, 0) is 38.5 Å². The highest BCUT2D eigenvalue weighted by Crippen LogP contribution is 2.30. The fourth-order valence-corrected chi connectivity index (χ4v) is 2.39. The minimum absolute atomic E-state index is 0.0209. The third-order valence-corrected chi connectivity index (χ3v) is 3.48. The van der Waals surface area contributed by atoms with Crippen LogP contribution in [0.2, 0.25) is 0 Å². The molecule has 0 saturated heterocycles. The van der Waals surface area contributed by atoms with Gasteiger partial charge >= 0.3 is 6.09 Å². The van der Waals surface area contributed by atoms with E-state index < -0.39 is 11.7 Å². The Kier molecular flexibility index (Phi) is 6.40. The third-order valence-electron chi connectivity index (χ3n) is 3.48. The van der Waals surface area contributed by atoms with Crippen LogP contribution in [0.3, 0.4) is 0 Å². The second-order valence-electron chi connectivity index (χ2n) is 6.92. The monoisotopic (exact) mass is 375 g/mol. The maximum atomic E-state index is 11.7. The Bertz CT molecular complexity index is 811. The molecule has 0 aliphatic carbocycles. The number of benzene rings is 1. The van der Waals surface area contributed by atoms with Gasteiger partial charge in [-0.1, -0.05) is 5.16 Å². The van der Waals surface area contributed by atoms with Gasteiger partial charge in [0.2, 0.25) is 0 Å². The number of hydrogen-bond acceptors (Lipinski definition) is 7. The summed E-state index contributed by atoms with van der Waals surface area (Å²) < 4.78 is 6.86. The second kappa shape index (κ2) is 8.54. The molecule has 1 amide bonds. The average Bonchev–Trinajstić information content (AvgIpc) is 2.99. The van der Waals surface area contributed by atoms with Crippen molar-refractivity contribution in [3.63, 3.8) is 0 Å². The first-order chi connectivity index (χ1) is 12.7. The van der Waals surface area contributed by atoms with Crippen LogP contribution < -0.4 is 15.9 Å². The summed E-state index contributed by atoms with van der Waals surface area (Å²) in [7, 11) is 0. The molecule has 0 aliphatic heterocycles. The number of phenols is 1. The van der Waals surface area contributed by atoms with Gasteiger partial charge in [0.15, 0.2) is 5.75 Å². The van der Waals surface area contributed by atoms with E-state index in [1.165, 1.54) is 0 Å². The lowest BCUT2D eigenvalue weighted by Gasteiger charge is -2.19. The van der Waals surface area contributed by atoms with E-state index in [-0.39, 0.29) is 12.3 Å². The number of aromatic hydroxyl groups is 1. The van der Waals surface area contributed by atoms with E-state index in [0.717, 1.165) is 11.1 Å². The predicted octanol–water partition coefficient (Wildman–Crippen LogP) is 2.11. The molecule has 146 valence electrons. The van der Waals surface area contributed by atoms with Gasteiger partial charge in [0.25, 0.3) is 0 Å². The number of rotatable bonds is 7. The minimum Gasteiger partial charge on any atom is -0.507 e. The van der Waals surface area contributed by atoms with Gasteiger partial charge in [0.05, 0.1) is 18.3 Å². The largest absolute Gasteiger partial charge is 0.507 e. The molecule has 0 atom stereocenters. The van der Waals surface area contributed by atoms with Crippen molar-refractivity contribution in [1.82, 2.24) is 15.1 Å². The maximum Gasteiger partial charge on any atom is 0.407 e. The van der Waals surface area contributed by atoms with E-state index in [1.54, 1.807) is 50.0 Å². The lowest BCUT2D eigenvalue weighted by molar-refractivity contribution is 0.0523. The topological polar surface area (TPSA) is 124 Å². The highest BCUT2D eigenvalue weighted by atomic mass is 16.6. The number of amides is 1. The Morgan fingerprint density at radius 2 is 2.15 bits per heavy atom. The van der Waals surface area contributed by atoms with E-state index >= 15 is 0 Å². The van der Waals surface area contributed by atoms with Crippen LogP contribution in [0.1, 0.15) is 37.5 Å². The van der Waals surface area contributed by atoms with Crippen LogP contribution in [0.15, 0.2) is 29.7 Å². The van der Waals surface area contributed by atoms with Crippen molar-refractivity contribution >= 4 is 12.8 Å². The first-order valence-electron chi connectivity index (χ1n) is 8.38. The molecule has 0 unspecified atom stereocenters. The fraction of sp³-hybridized carbons (Fsp3) is 0.389. The highest BCUT2D eigenvalue weighted by Gasteiger charge is 2.16. The van der Waals surface area contributed by atoms with Crippen LogP contribution in [-0.2, 0) is 24.4 Å². The number of ether oxygens (including phenoxy) is 1. The van der Waals surface area contributed by atoms with Crippen molar-refractivity contribution in [2.24, 2.45) is 10.9 Å². The van der Waals surface area contributed by atoms with E-state index in [1.807, 2.05) is 0 Å². The van der Waals surface area contributed by atoms with Gasteiger partial charge in [-0.2, -0.15) is 5.10 Å². The molecule has 0 aliphatic rings. The Hall–Kier alpha value is -3.07. The summed E-state index contributed by atoms with van der Waals surface area (Å²) in [5, 5.41) is 20.4. The number of oxime groups is 1. The molecule has 27 heavy (non-hydrogen) atoms. The lowest BCUT2D eigenvalue weighted by atomic mass is 10.1. The fourth-order valence-electron chi connectivity index (χ4n) is 2.39. The quantitative estimate of drug-likeness (QED) is 0.503. The average molecular weight is 375 g/mol. The standard InChI is InChI=1S/C18H25N5O4/c1-18(2,3)26-17(25)21-8-13-9-22-23(11-13)10-12-5-15(24)14(7-19)16(6-12)27-20-4/h5-6,9,11,24H,4,7-8,10,19H2,1-3H3,(H,21,25). The number of nitrogens with two attached hydrogens (primary N) is 1. The van der Waals surface area contributed by atoms with Crippen LogP contribution in [0.5, 0.6) is 11.5 Å². The summed E-state index contributed by atoms with van der Waals surface area (Å²) in [6.07, 6.45) is 2.95. The normalized spacial score (nSPS) is 11.1. The number of aromatic nitrogens is 2. The van der Waals surface area contributed by atoms with Gasteiger partial charge in [0.1, 0.15) is 11.4 Å². The molecule has 0 saturated carbocycles. The first kappa shape index (κ1) is 20.2. The van der Waals surface area contributed by atoms with Gasteiger partial charge in [-0.3, -0.25) is 4.68 Å². The minimum atomic E-state index is -0.550. The zero-order valence-corrected chi connectivity index (χ0v) is 15.7. The number of carbonyl (C=O) groups is 1. The van der Waals surface area contributed by atoms with Crippen molar-refractivity contribution in [3.8, 4) is 11.5 Å². The van der Waals surface area contributed by atoms with Crippen molar-refractivity contribution in [2.75, 3.05) is 0 Å². The molecule has 0 radical (unpaired) electrons. The molecular formula is C18H25N5O4. The lowest BCUT2D eigenvalue weighted by Crippen LogP contribution is -2.32. The van der Waals surface area contributed by atoms with Crippen molar-refractivity contribution in [1.29, 1.82) is 0 Å². The summed E-state index contributed by atoms with van der Waals surface area (Å²) in [5.41, 5.74) is 7.08. The number of carbonyl (C=O) groups excluding carboxylic acids is 1. The van der Waals surface area contributed by atoms with Gasteiger partial charge in [-0.25, -0.2) is 4.79 Å². The first-order valence-corrected chi connectivity index (χ1v) is 8.38. The molecule has 9 heteroatoms. The van der Waals surface area contributed by atoms with E-state index in [9.17, 15) is 9.90 Å². The Balaban J connectivity index is 2.03. The summed E-state index contributed by atoms with van der Waals surface area (Å²) in [5.74, 6) is 0.370. The molecule has 4 N–H and O–H groups in total. The van der Waals surface area contributed by atoms with Crippen LogP contribution in [-0.4, -0.2) is 33.3 Å². The Morgan fingerprint density at radius 1 is 1.41 bits per heavy atom. The number of nitrogens with one attached hydrogen (secondary N) is 1. The van der Waals surface area contributed by atoms with E-state index in [4.69, 9.17) is 15.3 Å². The van der Waals surface area contributed by atoms with Crippen LogP contribution in [0.25, 0.3) is 0 Å². The molecule has 1 aromatic carbocycles. The van der Waals surface area contributed by atoms with Crippen LogP contribution >= 0.6 is 0 Å². The molecule has 0 bridgehead atoms. The molecule has 0 fully saturated rings. The zero-order chi connectivity index (χ0) is 20.0. The predicted molar refractivity (Wildman–Crippen MR) is 101 cm³/mol. The smallest absolute Gasteiger partial charge is 0.407 e. The number of nitrogens with zero attached hydrogens (tertiary/aromatic N) is 3. The van der Waals surface area contributed by atoms with E-state index in [2.05, 4.69) is 22.3 Å². The second-order valence-corrected chi connectivity index (χ2v) is 6.92. The molecule has 9 nitrogen and oxygen atoms in total. The van der Waals surface area contributed by atoms with Crippen LogP contribution in [0, 0.1) is 0 Å². The molecule has 1 heterocycles. The number of phenolic OH excluding ortho intramolecular Hbond substituents is 1. The zero-order valence-electron chi connectivity index (χ0n) is 15.7. The Labute approximate surface area is 157 Å². The van der Waals surface area contributed by atoms with Crippen LogP contribution in [0.4, 0.5) is 4.79 Å². The number of alkyl carbamates (subject to hydrolysis) is 1. The van der Waals surface area contributed by atoms with Crippen molar-refractivity contribution < 1.29 is 19.5 Å². The number of hydrogen-bond donors (Lipinski definition) is 3. The molecule has 2 aromatic rings.